The number of rotatable bonds is 8. The first-order valence-corrected chi connectivity index (χ1v) is 10.3. The van der Waals surface area contributed by atoms with Gasteiger partial charge in [-0.2, -0.15) is 5.10 Å². The maximum atomic E-state index is 12.9. The van der Waals surface area contributed by atoms with E-state index in [9.17, 15) is 4.79 Å². The zero-order valence-corrected chi connectivity index (χ0v) is 17.6. The molecule has 0 aliphatic carbocycles. The van der Waals surface area contributed by atoms with Gasteiger partial charge in [0.1, 0.15) is 22.9 Å². The van der Waals surface area contributed by atoms with E-state index in [4.69, 9.17) is 9.72 Å². The largest absolute Gasteiger partial charge is 0.493 e. The monoisotopic (exact) mass is 406 g/mol. The number of hydrogen-bond donors (Lipinski definition) is 1. The normalized spacial score (nSPS) is 11.3. The Morgan fingerprint density at radius 1 is 1.13 bits per heavy atom. The van der Waals surface area contributed by atoms with E-state index in [1.807, 2.05) is 46.8 Å². The molecule has 8 heteroatoms. The molecule has 3 aromatic heterocycles. The summed E-state index contributed by atoms with van der Waals surface area (Å²) in [6.07, 6.45) is 6.24. The summed E-state index contributed by atoms with van der Waals surface area (Å²) in [5.74, 6) is 2.07. The first-order chi connectivity index (χ1) is 14.6. The van der Waals surface area contributed by atoms with Crippen LogP contribution < -0.4 is 10.3 Å². The molecular weight excluding hydrogens is 380 g/mol. The fourth-order valence-electron chi connectivity index (χ4n) is 3.49. The summed E-state index contributed by atoms with van der Waals surface area (Å²) in [5, 5.41) is 4.58. The summed E-state index contributed by atoms with van der Waals surface area (Å²) in [5.41, 5.74) is 2.44. The molecule has 1 N–H and O–H groups in total. The van der Waals surface area contributed by atoms with E-state index in [1.165, 1.54) is 0 Å². The first-order valence-electron chi connectivity index (χ1n) is 10.3. The van der Waals surface area contributed by atoms with Crippen LogP contribution >= 0.6 is 0 Å². The SMILES string of the molecule is CCCOc1ccccc1-c1nc2c(CCC)n(Cc3nccn3C)nc2c(=O)[nH]1. The number of hydrogen-bond acceptors (Lipinski definition) is 5. The molecular formula is C22H26N6O2. The first kappa shape index (κ1) is 19.9. The van der Waals surface area contributed by atoms with Crippen molar-refractivity contribution in [1.29, 1.82) is 0 Å². The van der Waals surface area contributed by atoms with Gasteiger partial charge in [-0.1, -0.05) is 32.4 Å². The highest BCUT2D eigenvalue weighted by Crippen LogP contribution is 2.28. The average Bonchev–Trinajstić information content (AvgIpc) is 3.31. The Morgan fingerprint density at radius 2 is 1.97 bits per heavy atom. The molecule has 0 fully saturated rings. The van der Waals surface area contributed by atoms with Crippen molar-refractivity contribution in [2.75, 3.05) is 6.61 Å². The third-order valence-electron chi connectivity index (χ3n) is 5.00. The van der Waals surface area contributed by atoms with Crippen LogP contribution in [0.15, 0.2) is 41.5 Å². The number of ether oxygens (including phenoxy) is 1. The van der Waals surface area contributed by atoms with Gasteiger partial charge in [-0.05, 0) is 25.0 Å². The minimum absolute atomic E-state index is 0.253. The molecule has 0 saturated carbocycles. The molecule has 8 nitrogen and oxygen atoms in total. The van der Waals surface area contributed by atoms with Gasteiger partial charge in [0.25, 0.3) is 5.56 Å². The van der Waals surface area contributed by atoms with E-state index in [0.717, 1.165) is 36.3 Å². The maximum Gasteiger partial charge on any atom is 0.279 e. The zero-order valence-electron chi connectivity index (χ0n) is 17.6. The molecule has 0 unspecified atom stereocenters. The predicted octanol–water partition coefficient (Wildman–Crippen LogP) is 3.31. The lowest BCUT2D eigenvalue weighted by molar-refractivity contribution is 0.318. The van der Waals surface area contributed by atoms with Crippen molar-refractivity contribution in [3.8, 4) is 17.1 Å². The van der Waals surface area contributed by atoms with Gasteiger partial charge >= 0.3 is 0 Å². The minimum Gasteiger partial charge on any atom is -0.493 e. The molecule has 4 rings (SSSR count). The third-order valence-corrected chi connectivity index (χ3v) is 5.00. The third kappa shape index (κ3) is 3.72. The molecule has 0 spiro atoms. The van der Waals surface area contributed by atoms with E-state index in [1.54, 1.807) is 6.20 Å². The van der Waals surface area contributed by atoms with Crippen LogP contribution in [0.2, 0.25) is 0 Å². The second kappa shape index (κ2) is 8.52. The van der Waals surface area contributed by atoms with Gasteiger partial charge in [0, 0.05) is 19.4 Å². The molecule has 3 heterocycles. The average molecular weight is 406 g/mol. The Bertz CT molecular complexity index is 1220. The maximum absolute atomic E-state index is 12.9. The lowest BCUT2D eigenvalue weighted by Crippen LogP contribution is -2.11. The van der Waals surface area contributed by atoms with Crippen LogP contribution in [0.3, 0.4) is 0 Å². The summed E-state index contributed by atoms with van der Waals surface area (Å²) in [6.45, 7) is 5.25. The lowest BCUT2D eigenvalue weighted by Gasteiger charge is -2.10. The molecule has 30 heavy (non-hydrogen) atoms. The standard InChI is InChI=1S/C22H26N6O2/c1-4-8-16-19-20(26-28(16)14-18-23-11-12-27(18)3)22(29)25-21(24-19)15-9-6-7-10-17(15)30-13-5-2/h6-7,9-12H,4-5,8,13-14H2,1-3H3,(H,24,25,29). The van der Waals surface area contributed by atoms with Crippen molar-refractivity contribution >= 4 is 11.0 Å². The molecule has 0 aliphatic heterocycles. The van der Waals surface area contributed by atoms with Crippen LogP contribution in [0.1, 0.15) is 38.2 Å². The Labute approximate surface area is 174 Å². The number of H-pyrrole nitrogens is 1. The highest BCUT2D eigenvalue weighted by molar-refractivity contribution is 5.79. The van der Waals surface area contributed by atoms with Gasteiger partial charge in [-0.15, -0.1) is 0 Å². The van der Waals surface area contributed by atoms with Crippen molar-refractivity contribution in [1.82, 2.24) is 29.3 Å². The Balaban J connectivity index is 1.85. The van der Waals surface area contributed by atoms with Gasteiger partial charge in [-0.3, -0.25) is 9.48 Å². The van der Waals surface area contributed by atoms with Crippen molar-refractivity contribution in [3.05, 3.63) is 58.5 Å². The molecule has 0 radical (unpaired) electrons. The van der Waals surface area contributed by atoms with E-state index in [-0.39, 0.29) is 5.56 Å². The van der Waals surface area contributed by atoms with Crippen molar-refractivity contribution < 1.29 is 4.74 Å². The quantitative estimate of drug-likeness (QED) is 0.485. The molecule has 0 saturated heterocycles. The van der Waals surface area contributed by atoms with Crippen molar-refractivity contribution in [2.45, 2.75) is 39.7 Å². The summed E-state index contributed by atoms with van der Waals surface area (Å²) in [4.78, 5) is 25.0. The van der Waals surface area contributed by atoms with E-state index in [2.05, 4.69) is 28.9 Å². The van der Waals surface area contributed by atoms with Crippen LogP contribution in [-0.2, 0) is 20.0 Å². The number of para-hydroxylation sites is 1. The summed E-state index contributed by atoms with van der Waals surface area (Å²) in [6, 6.07) is 7.63. The van der Waals surface area contributed by atoms with Crippen LogP contribution in [0, 0.1) is 0 Å². The Hall–Kier alpha value is -3.42. The second-order valence-electron chi connectivity index (χ2n) is 7.27. The molecule has 156 valence electrons. The molecule has 0 aliphatic rings. The predicted molar refractivity (Wildman–Crippen MR) is 116 cm³/mol. The fraction of sp³-hybridized carbons (Fsp3) is 0.364. The number of aromatic amines is 1. The van der Waals surface area contributed by atoms with Crippen LogP contribution in [-0.4, -0.2) is 35.9 Å². The van der Waals surface area contributed by atoms with Crippen LogP contribution in [0.4, 0.5) is 0 Å². The molecule has 0 atom stereocenters. The van der Waals surface area contributed by atoms with Crippen LogP contribution in [0.5, 0.6) is 5.75 Å². The number of benzene rings is 1. The van der Waals surface area contributed by atoms with Gasteiger partial charge in [-0.25, -0.2) is 9.97 Å². The van der Waals surface area contributed by atoms with Gasteiger partial charge in [0.15, 0.2) is 5.52 Å². The second-order valence-corrected chi connectivity index (χ2v) is 7.27. The molecule has 0 amide bonds. The smallest absolute Gasteiger partial charge is 0.279 e. The fourth-order valence-corrected chi connectivity index (χ4v) is 3.49. The van der Waals surface area contributed by atoms with Gasteiger partial charge in [0.05, 0.1) is 24.4 Å². The summed E-state index contributed by atoms with van der Waals surface area (Å²) in [7, 11) is 1.95. The number of fused-ring (bicyclic) bond motifs is 1. The highest BCUT2D eigenvalue weighted by atomic mass is 16.5. The van der Waals surface area contributed by atoms with Crippen molar-refractivity contribution in [2.24, 2.45) is 7.05 Å². The minimum atomic E-state index is -0.253. The number of imidazole rings is 1. The van der Waals surface area contributed by atoms with Gasteiger partial charge < -0.3 is 14.3 Å². The number of nitrogens with one attached hydrogen (secondary N) is 1. The lowest BCUT2D eigenvalue weighted by atomic mass is 10.1. The van der Waals surface area contributed by atoms with E-state index >= 15 is 0 Å². The molecule has 0 bridgehead atoms. The topological polar surface area (TPSA) is 90.6 Å². The Morgan fingerprint density at radius 3 is 2.70 bits per heavy atom. The summed E-state index contributed by atoms with van der Waals surface area (Å²) >= 11 is 0. The van der Waals surface area contributed by atoms with E-state index < -0.39 is 0 Å². The van der Waals surface area contributed by atoms with Crippen LogP contribution in [0.25, 0.3) is 22.4 Å². The highest BCUT2D eigenvalue weighted by Gasteiger charge is 2.19. The van der Waals surface area contributed by atoms with Crippen molar-refractivity contribution in [3.63, 3.8) is 0 Å². The summed E-state index contributed by atoms with van der Waals surface area (Å²) < 4.78 is 9.67. The number of nitrogens with zero attached hydrogens (tertiary/aromatic N) is 5. The molecule has 4 aromatic rings. The number of aromatic nitrogens is 6. The zero-order chi connectivity index (χ0) is 21.1. The van der Waals surface area contributed by atoms with Gasteiger partial charge in [0.2, 0.25) is 0 Å². The van der Waals surface area contributed by atoms with E-state index in [0.29, 0.717) is 35.8 Å². The number of aryl methyl sites for hydroxylation is 2. The molecule has 1 aromatic carbocycles. The Kier molecular flexibility index (Phi) is 5.65.